The fourth-order valence-corrected chi connectivity index (χ4v) is 5.26. The molecular formula is C34H26F2N2O8. The van der Waals surface area contributed by atoms with Crippen molar-refractivity contribution >= 4 is 23.9 Å². The van der Waals surface area contributed by atoms with Crippen molar-refractivity contribution in [3.63, 3.8) is 0 Å². The molecule has 0 unspecified atom stereocenters. The van der Waals surface area contributed by atoms with Gasteiger partial charge >= 0.3 is 23.9 Å². The molecule has 0 N–H and O–H groups in total. The van der Waals surface area contributed by atoms with Gasteiger partial charge in [0, 0.05) is 0 Å². The molecule has 0 atom stereocenters. The number of aromatic nitrogens is 2. The second-order valence-corrected chi connectivity index (χ2v) is 9.67. The zero-order chi connectivity index (χ0) is 33.1. The van der Waals surface area contributed by atoms with Gasteiger partial charge in [0.1, 0.15) is 22.3 Å². The molecule has 0 spiro atoms. The summed E-state index contributed by atoms with van der Waals surface area (Å²) in [5.74, 6) is -6.55. The lowest BCUT2D eigenvalue weighted by atomic mass is 10.0. The molecule has 0 aliphatic heterocycles. The minimum atomic E-state index is -1.15. The Balaban J connectivity index is 1.89. The average molecular weight is 629 g/mol. The van der Waals surface area contributed by atoms with Gasteiger partial charge in [0.05, 0.1) is 51.2 Å². The standard InChI is InChI=1S/C34H26F2N2O8/c1-43-31(39)23-25(33(41)45-3)29(35)37(27(23)19-12-7-5-8-13-19)21-16-11-17-22(18-21)38-28(20-14-9-6-10-15-20)24(32(40)44-2)26(30(38)36)34(42)46-4/h5-18H,1-4H3. The van der Waals surface area contributed by atoms with Crippen molar-refractivity contribution in [3.8, 4) is 33.9 Å². The third kappa shape index (κ3) is 5.19. The Morgan fingerprint density at radius 1 is 0.478 bits per heavy atom. The van der Waals surface area contributed by atoms with E-state index in [1.165, 1.54) is 24.3 Å². The van der Waals surface area contributed by atoms with Crippen molar-refractivity contribution in [3.05, 3.63) is 119 Å². The van der Waals surface area contributed by atoms with Crippen LogP contribution in [0.15, 0.2) is 84.9 Å². The molecule has 5 rings (SSSR count). The highest BCUT2D eigenvalue weighted by atomic mass is 19.1. The molecule has 3 aromatic carbocycles. The van der Waals surface area contributed by atoms with Crippen LogP contribution in [0.3, 0.4) is 0 Å². The molecule has 0 saturated carbocycles. The first kappa shape index (κ1) is 31.4. The minimum Gasteiger partial charge on any atom is -0.465 e. The van der Waals surface area contributed by atoms with Gasteiger partial charge in [-0.25, -0.2) is 19.2 Å². The van der Waals surface area contributed by atoms with E-state index < -0.39 is 46.9 Å². The predicted octanol–water partition coefficient (Wildman–Crippen LogP) is 6.03. The smallest absolute Gasteiger partial charge is 0.343 e. The van der Waals surface area contributed by atoms with Crippen molar-refractivity contribution < 1.29 is 46.9 Å². The first-order valence-electron chi connectivity index (χ1n) is 13.6. The molecule has 0 bridgehead atoms. The largest absolute Gasteiger partial charge is 0.465 e. The third-order valence-corrected chi connectivity index (χ3v) is 7.22. The SMILES string of the molecule is COC(=O)c1c(C(=O)OC)c(-c2ccccc2)n(-c2cccc(-n3c(F)c(C(=O)OC)c(C(=O)OC)c3-c3ccccc3)c2)c1F. The number of hydrogen-bond acceptors (Lipinski definition) is 8. The number of methoxy groups -OCH3 is 4. The summed E-state index contributed by atoms with van der Waals surface area (Å²) >= 11 is 0. The predicted molar refractivity (Wildman–Crippen MR) is 161 cm³/mol. The fourth-order valence-electron chi connectivity index (χ4n) is 5.26. The number of ether oxygens (including phenoxy) is 4. The first-order chi connectivity index (χ1) is 22.2. The summed E-state index contributed by atoms with van der Waals surface area (Å²) in [6.45, 7) is 0. The van der Waals surface area contributed by atoms with Gasteiger partial charge in [-0.15, -0.1) is 0 Å². The third-order valence-electron chi connectivity index (χ3n) is 7.22. The maximum Gasteiger partial charge on any atom is 0.343 e. The molecule has 0 fully saturated rings. The quantitative estimate of drug-likeness (QED) is 0.151. The Morgan fingerprint density at radius 3 is 1.13 bits per heavy atom. The molecule has 5 aromatic rings. The number of esters is 4. The van der Waals surface area contributed by atoms with Gasteiger partial charge < -0.3 is 18.9 Å². The van der Waals surface area contributed by atoms with Gasteiger partial charge in [0.25, 0.3) is 0 Å². The molecule has 0 aliphatic rings. The lowest BCUT2D eigenvalue weighted by molar-refractivity contribution is 0.0553. The highest BCUT2D eigenvalue weighted by Gasteiger charge is 2.36. The molecule has 10 nitrogen and oxygen atoms in total. The van der Waals surface area contributed by atoms with Crippen molar-refractivity contribution in [1.82, 2.24) is 9.13 Å². The van der Waals surface area contributed by atoms with E-state index in [2.05, 4.69) is 0 Å². The Kier molecular flexibility index (Phi) is 8.80. The molecule has 12 heteroatoms. The van der Waals surface area contributed by atoms with Gasteiger partial charge in [-0.1, -0.05) is 66.7 Å². The number of hydrogen-bond donors (Lipinski definition) is 0. The normalized spacial score (nSPS) is 10.7. The van der Waals surface area contributed by atoms with Gasteiger partial charge in [0.15, 0.2) is 0 Å². The molecule has 2 heterocycles. The van der Waals surface area contributed by atoms with Crippen LogP contribution in [0.2, 0.25) is 0 Å². The second kappa shape index (κ2) is 12.9. The monoisotopic (exact) mass is 628 g/mol. The zero-order valence-corrected chi connectivity index (χ0v) is 25.0. The Hall–Kier alpha value is -6.04. The molecule has 0 amide bonds. The van der Waals surface area contributed by atoms with E-state index in [0.29, 0.717) is 11.1 Å². The van der Waals surface area contributed by atoms with E-state index in [-0.39, 0.29) is 33.9 Å². The lowest BCUT2D eigenvalue weighted by Crippen LogP contribution is -2.11. The zero-order valence-electron chi connectivity index (χ0n) is 25.0. The highest BCUT2D eigenvalue weighted by molar-refractivity contribution is 6.09. The number of rotatable bonds is 8. The summed E-state index contributed by atoms with van der Waals surface area (Å²) in [6.07, 6.45) is 0. The fraction of sp³-hybridized carbons (Fsp3) is 0.118. The molecule has 46 heavy (non-hydrogen) atoms. The summed E-state index contributed by atoms with van der Waals surface area (Å²) in [5, 5.41) is 0. The number of carbonyl (C=O) groups excluding carboxylic acids is 4. The maximum absolute atomic E-state index is 16.4. The van der Waals surface area contributed by atoms with Gasteiger partial charge in [0.2, 0.25) is 11.9 Å². The van der Waals surface area contributed by atoms with Crippen LogP contribution < -0.4 is 0 Å². The first-order valence-corrected chi connectivity index (χ1v) is 13.6. The van der Waals surface area contributed by atoms with Crippen LogP contribution in [0.1, 0.15) is 41.4 Å². The van der Waals surface area contributed by atoms with Crippen LogP contribution in [0.4, 0.5) is 8.78 Å². The van der Waals surface area contributed by atoms with Gasteiger partial charge in [-0.3, -0.25) is 9.13 Å². The Morgan fingerprint density at radius 2 is 0.804 bits per heavy atom. The molecule has 234 valence electrons. The lowest BCUT2D eigenvalue weighted by Gasteiger charge is -2.15. The van der Waals surface area contributed by atoms with E-state index in [1.54, 1.807) is 60.7 Å². The summed E-state index contributed by atoms with van der Waals surface area (Å²) in [6, 6.07) is 22.2. The number of halogens is 2. The molecular weight excluding hydrogens is 602 g/mol. The number of benzene rings is 3. The van der Waals surface area contributed by atoms with Gasteiger partial charge in [-0.05, 0) is 29.3 Å². The van der Waals surface area contributed by atoms with Crippen molar-refractivity contribution in [2.45, 2.75) is 0 Å². The van der Waals surface area contributed by atoms with Crippen LogP contribution in [0.25, 0.3) is 33.9 Å². The van der Waals surface area contributed by atoms with Crippen molar-refractivity contribution in [1.29, 1.82) is 0 Å². The van der Waals surface area contributed by atoms with Crippen molar-refractivity contribution in [2.24, 2.45) is 0 Å². The topological polar surface area (TPSA) is 115 Å². The average Bonchev–Trinajstić information content (AvgIpc) is 3.58. The van der Waals surface area contributed by atoms with E-state index in [0.717, 1.165) is 37.6 Å². The van der Waals surface area contributed by atoms with Crippen LogP contribution in [0, 0.1) is 11.9 Å². The van der Waals surface area contributed by atoms with E-state index in [9.17, 15) is 19.2 Å². The number of nitrogens with zero attached hydrogens (tertiary/aromatic N) is 2. The highest BCUT2D eigenvalue weighted by Crippen LogP contribution is 2.38. The molecule has 0 radical (unpaired) electrons. The van der Waals surface area contributed by atoms with Crippen LogP contribution >= 0.6 is 0 Å². The van der Waals surface area contributed by atoms with E-state index in [4.69, 9.17) is 18.9 Å². The van der Waals surface area contributed by atoms with E-state index in [1.807, 2.05) is 0 Å². The van der Waals surface area contributed by atoms with Crippen LogP contribution in [-0.4, -0.2) is 61.5 Å². The summed E-state index contributed by atoms with van der Waals surface area (Å²) in [7, 11) is 4.26. The van der Waals surface area contributed by atoms with Crippen LogP contribution in [-0.2, 0) is 18.9 Å². The maximum atomic E-state index is 16.4. The van der Waals surface area contributed by atoms with Gasteiger partial charge in [-0.2, -0.15) is 8.78 Å². The molecule has 0 aliphatic carbocycles. The van der Waals surface area contributed by atoms with Crippen molar-refractivity contribution in [2.75, 3.05) is 28.4 Å². The van der Waals surface area contributed by atoms with E-state index >= 15 is 8.78 Å². The summed E-state index contributed by atoms with van der Waals surface area (Å²) in [5.41, 5.74) is -1.41. The second-order valence-electron chi connectivity index (χ2n) is 9.67. The summed E-state index contributed by atoms with van der Waals surface area (Å²) < 4.78 is 54.3. The molecule has 2 aromatic heterocycles. The Bertz CT molecular complexity index is 1840. The minimum absolute atomic E-state index is 0.0377. The summed E-state index contributed by atoms with van der Waals surface area (Å²) in [4.78, 5) is 51.8. The Labute approximate surface area is 261 Å². The van der Waals surface area contributed by atoms with Crippen LogP contribution in [0.5, 0.6) is 0 Å². The molecule has 0 saturated heterocycles. The number of carbonyl (C=O) groups is 4.